The van der Waals surface area contributed by atoms with Gasteiger partial charge in [-0.05, 0) is 67.9 Å². The number of hydrogen-bond donors (Lipinski definition) is 2. The number of likely N-dealkylation sites (tertiary alicyclic amines) is 1. The van der Waals surface area contributed by atoms with Crippen LogP contribution in [0.25, 0.3) is 0 Å². The maximum Gasteiger partial charge on any atom is 0.248 e. The monoisotopic (exact) mass is 415 g/mol. The molecule has 0 aliphatic carbocycles. The number of piperidine rings is 1. The highest BCUT2D eigenvalue weighted by molar-refractivity contribution is 9.10. The molecule has 0 aromatic heterocycles. The number of rotatable bonds is 5. The van der Waals surface area contributed by atoms with Crippen molar-refractivity contribution in [1.29, 1.82) is 0 Å². The SMILES string of the molecule is NC(=O)c1ccc(NC(=O)C2CCN(Cc3cccc(Br)c3)CC2)cc1. The lowest BCUT2D eigenvalue weighted by Gasteiger charge is -2.31. The van der Waals surface area contributed by atoms with E-state index < -0.39 is 5.91 Å². The van der Waals surface area contributed by atoms with Crippen LogP contribution in [0.4, 0.5) is 5.69 Å². The second-order valence-electron chi connectivity index (χ2n) is 6.61. The summed E-state index contributed by atoms with van der Waals surface area (Å²) in [5.41, 5.74) is 7.63. The van der Waals surface area contributed by atoms with Crippen molar-refractivity contribution >= 4 is 33.4 Å². The molecular weight excluding hydrogens is 394 g/mol. The van der Waals surface area contributed by atoms with Crippen molar-refractivity contribution in [2.45, 2.75) is 19.4 Å². The number of hydrogen-bond acceptors (Lipinski definition) is 3. The predicted octanol–water partition coefficient (Wildman–Crippen LogP) is 3.40. The molecule has 0 radical (unpaired) electrons. The Hall–Kier alpha value is -2.18. The quantitative estimate of drug-likeness (QED) is 0.785. The van der Waals surface area contributed by atoms with E-state index in [-0.39, 0.29) is 11.8 Å². The van der Waals surface area contributed by atoms with Gasteiger partial charge in [0.25, 0.3) is 0 Å². The van der Waals surface area contributed by atoms with Crippen LogP contribution in [0.1, 0.15) is 28.8 Å². The summed E-state index contributed by atoms with van der Waals surface area (Å²) >= 11 is 3.50. The molecule has 1 heterocycles. The molecule has 0 saturated carbocycles. The molecule has 3 N–H and O–H groups in total. The number of primary amides is 1. The highest BCUT2D eigenvalue weighted by Crippen LogP contribution is 2.22. The fourth-order valence-corrected chi connectivity index (χ4v) is 3.66. The largest absolute Gasteiger partial charge is 0.366 e. The molecule has 0 bridgehead atoms. The molecule has 0 spiro atoms. The van der Waals surface area contributed by atoms with Gasteiger partial charge in [0.2, 0.25) is 11.8 Å². The fraction of sp³-hybridized carbons (Fsp3) is 0.300. The molecular formula is C20H22BrN3O2. The van der Waals surface area contributed by atoms with Crippen molar-refractivity contribution in [1.82, 2.24) is 4.90 Å². The van der Waals surface area contributed by atoms with Crippen molar-refractivity contribution in [3.8, 4) is 0 Å². The van der Waals surface area contributed by atoms with E-state index in [0.717, 1.165) is 36.9 Å². The van der Waals surface area contributed by atoms with Gasteiger partial charge in [0.05, 0.1) is 0 Å². The van der Waals surface area contributed by atoms with Gasteiger partial charge >= 0.3 is 0 Å². The Morgan fingerprint density at radius 1 is 1.12 bits per heavy atom. The van der Waals surface area contributed by atoms with Crippen LogP contribution in [-0.2, 0) is 11.3 Å². The molecule has 26 heavy (non-hydrogen) atoms. The van der Waals surface area contributed by atoms with Gasteiger partial charge in [-0.25, -0.2) is 0 Å². The van der Waals surface area contributed by atoms with Gasteiger partial charge in [0.1, 0.15) is 0 Å². The minimum absolute atomic E-state index is 0.0181. The van der Waals surface area contributed by atoms with Crippen LogP contribution in [0, 0.1) is 5.92 Å². The number of nitrogens with two attached hydrogens (primary N) is 1. The van der Waals surface area contributed by atoms with Gasteiger partial charge in [0, 0.05) is 28.2 Å². The summed E-state index contributed by atoms with van der Waals surface area (Å²) in [5.74, 6) is -0.413. The lowest BCUT2D eigenvalue weighted by molar-refractivity contribution is -0.121. The third-order valence-electron chi connectivity index (χ3n) is 4.69. The van der Waals surface area contributed by atoms with E-state index in [2.05, 4.69) is 38.3 Å². The van der Waals surface area contributed by atoms with Gasteiger partial charge < -0.3 is 11.1 Å². The minimum Gasteiger partial charge on any atom is -0.366 e. The Morgan fingerprint density at radius 3 is 2.42 bits per heavy atom. The van der Waals surface area contributed by atoms with Crippen LogP contribution in [0.3, 0.4) is 0 Å². The van der Waals surface area contributed by atoms with Crippen molar-refractivity contribution in [2.75, 3.05) is 18.4 Å². The number of carbonyl (C=O) groups excluding carboxylic acids is 2. The summed E-state index contributed by atoms with van der Waals surface area (Å²) in [4.78, 5) is 25.9. The van der Waals surface area contributed by atoms with Crippen LogP contribution in [0.15, 0.2) is 53.0 Å². The summed E-state index contributed by atoms with van der Waals surface area (Å²) in [5, 5.41) is 2.93. The van der Waals surface area contributed by atoms with E-state index in [0.29, 0.717) is 11.3 Å². The van der Waals surface area contributed by atoms with Gasteiger partial charge in [-0.2, -0.15) is 0 Å². The zero-order valence-electron chi connectivity index (χ0n) is 14.5. The lowest BCUT2D eigenvalue weighted by atomic mass is 9.95. The average molecular weight is 416 g/mol. The summed E-state index contributed by atoms with van der Waals surface area (Å²) < 4.78 is 1.09. The van der Waals surface area contributed by atoms with Gasteiger partial charge in [-0.15, -0.1) is 0 Å². The van der Waals surface area contributed by atoms with E-state index in [1.54, 1.807) is 24.3 Å². The molecule has 1 aliphatic rings. The molecule has 6 heteroatoms. The first-order valence-electron chi connectivity index (χ1n) is 8.69. The molecule has 1 saturated heterocycles. The third-order valence-corrected chi connectivity index (χ3v) is 5.18. The molecule has 136 valence electrons. The Balaban J connectivity index is 1.49. The van der Waals surface area contributed by atoms with Crippen LogP contribution in [0.2, 0.25) is 0 Å². The van der Waals surface area contributed by atoms with Crippen LogP contribution < -0.4 is 11.1 Å². The molecule has 1 fully saturated rings. The Morgan fingerprint density at radius 2 is 1.81 bits per heavy atom. The second kappa shape index (κ2) is 8.47. The number of amides is 2. The highest BCUT2D eigenvalue weighted by Gasteiger charge is 2.25. The zero-order chi connectivity index (χ0) is 18.5. The first-order chi connectivity index (χ1) is 12.5. The topological polar surface area (TPSA) is 75.4 Å². The van der Waals surface area contributed by atoms with Crippen molar-refractivity contribution < 1.29 is 9.59 Å². The molecule has 2 aromatic rings. The molecule has 5 nitrogen and oxygen atoms in total. The number of nitrogens with zero attached hydrogens (tertiary/aromatic N) is 1. The molecule has 2 aromatic carbocycles. The number of nitrogens with one attached hydrogen (secondary N) is 1. The second-order valence-corrected chi connectivity index (χ2v) is 7.53. The zero-order valence-corrected chi connectivity index (χ0v) is 16.0. The lowest BCUT2D eigenvalue weighted by Crippen LogP contribution is -2.37. The summed E-state index contributed by atoms with van der Waals surface area (Å²) in [7, 11) is 0. The number of anilines is 1. The van der Waals surface area contributed by atoms with Gasteiger partial charge in [0.15, 0.2) is 0 Å². The molecule has 0 atom stereocenters. The summed E-state index contributed by atoms with van der Waals surface area (Å²) in [6.45, 7) is 2.72. The standard InChI is InChI=1S/C20H22BrN3O2/c21-17-3-1-2-14(12-17)13-24-10-8-16(9-11-24)20(26)23-18-6-4-15(5-7-18)19(22)25/h1-7,12,16H,8-11,13H2,(H2,22,25)(H,23,26). The Labute approximate surface area is 161 Å². The molecule has 1 aliphatic heterocycles. The number of benzene rings is 2. The predicted molar refractivity (Wildman–Crippen MR) is 106 cm³/mol. The van der Waals surface area contributed by atoms with Crippen LogP contribution in [0.5, 0.6) is 0 Å². The van der Waals surface area contributed by atoms with E-state index >= 15 is 0 Å². The summed E-state index contributed by atoms with van der Waals surface area (Å²) in [6, 6.07) is 15.0. The van der Waals surface area contributed by atoms with Crippen molar-refractivity contribution in [3.63, 3.8) is 0 Å². The van der Waals surface area contributed by atoms with Crippen molar-refractivity contribution in [2.24, 2.45) is 11.7 Å². The first kappa shape index (κ1) is 18.6. The van der Waals surface area contributed by atoms with E-state index in [9.17, 15) is 9.59 Å². The fourth-order valence-electron chi connectivity index (χ4n) is 3.21. The molecule has 2 amide bonds. The van der Waals surface area contributed by atoms with E-state index in [4.69, 9.17) is 5.73 Å². The average Bonchev–Trinajstić information content (AvgIpc) is 2.63. The van der Waals surface area contributed by atoms with Crippen molar-refractivity contribution in [3.05, 3.63) is 64.1 Å². The van der Waals surface area contributed by atoms with Gasteiger partial charge in [-0.3, -0.25) is 14.5 Å². The highest BCUT2D eigenvalue weighted by atomic mass is 79.9. The Bertz CT molecular complexity index is 784. The minimum atomic E-state index is -0.472. The molecule has 3 rings (SSSR count). The third kappa shape index (κ3) is 4.93. The number of carbonyl (C=O) groups is 2. The van der Waals surface area contributed by atoms with Crippen LogP contribution in [-0.4, -0.2) is 29.8 Å². The maximum atomic E-state index is 12.5. The summed E-state index contributed by atoms with van der Waals surface area (Å²) in [6.07, 6.45) is 1.69. The van der Waals surface area contributed by atoms with Crippen LogP contribution >= 0.6 is 15.9 Å². The van der Waals surface area contributed by atoms with E-state index in [1.807, 2.05) is 12.1 Å². The Kier molecular flexibility index (Phi) is 6.06. The number of halogens is 1. The smallest absolute Gasteiger partial charge is 0.248 e. The molecule has 0 unspecified atom stereocenters. The normalized spacial score (nSPS) is 15.6. The first-order valence-corrected chi connectivity index (χ1v) is 9.48. The van der Waals surface area contributed by atoms with Gasteiger partial charge in [-0.1, -0.05) is 28.1 Å². The van der Waals surface area contributed by atoms with E-state index in [1.165, 1.54) is 5.56 Å². The maximum absolute atomic E-state index is 12.5.